The molecule has 2 aromatic heterocycles. The number of imidazole rings is 1. The Hall–Kier alpha value is -2.93. The highest BCUT2D eigenvalue weighted by Crippen LogP contribution is 2.13. The first kappa shape index (κ1) is 15.9. The first-order chi connectivity index (χ1) is 11.7. The van der Waals surface area contributed by atoms with Crippen molar-refractivity contribution in [2.24, 2.45) is 0 Å². The third-order valence-electron chi connectivity index (χ3n) is 3.22. The van der Waals surface area contributed by atoms with E-state index < -0.39 is 0 Å². The number of rotatable bonds is 5. The van der Waals surface area contributed by atoms with Crippen molar-refractivity contribution < 1.29 is 4.79 Å². The lowest BCUT2D eigenvalue weighted by Crippen LogP contribution is -2.31. The van der Waals surface area contributed by atoms with E-state index in [0.29, 0.717) is 35.4 Å². The summed E-state index contributed by atoms with van der Waals surface area (Å²) in [5.41, 5.74) is 0.679. The Balaban J connectivity index is 1.53. The van der Waals surface area contributed by atoms with E-state index in [0.717, 1.165) is 0 Å². The summed E-state index contributed by atoms with van der Waals surface area (Å²) in [5, 5.41) is 6.15. The molecule has 0 saturated heterocycles. The average molecular weight is 343 g/mol. The van der Waals surface area contributed by atoms with Gasteiger partial charge >= 0.3 is 6.03 Å². The van der Waals surface area contributed by atoms with Gasteiger partial charge in [0.15, 0.2) is 11.6 Å². The fourth-order valence-corrected chi connectivity index (χ4v) is 2.23. The Kier molecular flexibility index (Phi) is 5.02. The molecule has 3 aromatic rings. The molecule has 1 aromatic carbocycles. The molecular weight excluding hydrogens is 328 g/mol. The number of urea groups is 1. The number of halogens is 1. The summed E-state index contributed by atoms with van der Waals surface area (Å²) in [6.07, 6.45) is 6.84. The third-order valence-corrected chi connectivity index (χ3v) is 3.47. The number of anilines is 1. The summed E-state index contributed by atoms with van der Waals surface area (Å²) >= 11 is 5.81. The summed E-state index contributed by atoms with van der Waals surface area (Å²) in [7, 11) is 0. The van der Waals surface area contributed by atoms with Crippen LogP contribution in [-0.4, -0.2) is 32.1 Å². The molecule has 0 atom stereocenters. The van der Waals surface area contributed by atoms with Gasteiger partial charge in [0.1, 0.15) is 0 Å². The number of carbonyl (C=O) groups is 1. The highest BCUT2D eigenvalue weighted by Gasteiger charge is 2.08. The Morgan fingerprint density at radius 2 is 1.83 bits per heavy atom. The van der Waals surface area contributed by atoms with Gasteiger partial charge < -0.3 is 15.2 Å². The van der Waals surface area contributed by atoms with E-state index in [1.807, 2.05) is 10.8 Å². The Bertz CT molecular complexity index is 803. The van der Waals surface area contributed by atoms with Gasteiger partial charge in [-0.05, 0) is 30.3 Å². The summed E-state index contributed by atoms with van der Waals surface area (Å²) in [6, 6.07) is 8.38. The average Bonchev–Trinajstić information content (AvgIpc) is 3.06. The van der Waals surface area contributed by atoms with Gasteiger partial charge in [-0.2, -0.15) is 0 Å². The molecule has 0 aliphatic carbocycles. The van der Waals surface area contributed by atoms with Gasteiger partial charge in [0.2, 0.25) is 0 Å². The smallest absolute Gasteiger partial charge is 0.319 e. The van der Waals surface area contributed by atoms with Crippen LogP contribution >= 0.6 is 11.6 Å². The minimum absolute atomic E-state index is 0.282. The molecule has 0 spiro atoms. The summed E-state index contributed by atoms with van der Waals surface area (Å²) in [4.78, 5) is 24.5. The molecule has 0 radical (unpaired) electrons. The van der Waals surface area contributed by atoms with Crippen molar-refractivity contribution in [2.45, 2.75) is 6.54 Å². The van der Waals surface area contributed by atoms with E-state index in [-0.39, 0.29) is 6.03 Å². The number of nitrogens with one attached hydrogen (secondary N) is 2. The van der Waals surface area contributed by atoms with Gasteiger partial charge in [-0.3, -0.25) is 0 Å². The van der Waals surface area contributed by atoms with Crippen molar-refractivity contribution in [1.29, 1.82) is 0 Å². The molecule has 0 saturated carbocycles. The van der Waals surface area contributed by atoms with Crippen LogP contribution in [0, 0.1) is 0 Å². The van der Waals surface area contributed by atoms with Gasteiger partial charge in [-0.15, -0.1) is 0 Å². The fourth-order valence-electron chi connectivity index (χ4n) is 2.11. The molecule has 2 N–H and O–H groups in total. The topological polar surface area (TPSA) is 84.7 Å². The predicted octanol–water partition coefficient (Wildman–Crippen LogP) is 2.82. The highest BCUT2D eigenvalue weighted by atomic mass is 35.5. The van der Waals surface area contributed by atoms with Crippen molar-refractivity contribution in [2.75, 3.05) is 11.9 Å². The Labute approximate surface area is 143 Å². The number of carbonyl (C=O) groups excluding carboxylic acids is 1. The van der Waals surface area contributed by atoms with Gasteiger partial charge in [0.25, 0.3) is 0 Å². The van der Waals surface area contributed by atoms with E-state index in [2.05, 4.69) is 25.6 Å². The first-order valence-corrected chi connectivity index (χ1v) is 7.69. The minimum Gasteiger partial charge on any atom is -0.336 e. The largest absolute Gasteiger partial charge is 0.336 e. The van der Waals surface area contributed by atoms with Gasteiger partial charge in [0, 0.05) is 48.6 Å². The zero-order chi connectivity index (χ0) is 16.8. The molecule has 0 bridgehead atoms. The Morgan fingerprint density at radius 3 is 2.58 bits per heavy atom. The number of hydrogen-bond acceptors (Lipinski definition) is 4. The van der Waals surface area contributed by atoms with Crippen molar-refractivity contribution in [3.05, 3.63) is 60.1 Å². The van der Waals surface area contributed by atoms with Gasteiger partial charge in [-0.1, -0.05) is 11.6 Å². The molecule has 7 nitrogen and oxygen atoms in total. The maximum absolute atomic E-state index is 11.9. The number of aromatic nitrogens is 4. The zero-order valence-corrected chi connectivity index (χ0v) is 13.4. The van der Waals surface area contributed by atoms with E-state index >= 15 is 0 Å². The van der Waals surface area contributed by atoms with Crippen LogP contribution in [0.4, 0.5) is 10.5 Å². The van der Waals surface area contributed by atoms with E-state index in [4.69, 9.17) is 11.6 Å². The van der Waals surface area contributed by atoms with Gasteiger partial charge in [-0.25, -0.2) is 19.7 Å². The summed E-state index contributed by atoms with van der Waals surface area (Å²) in [5.74, 6) is 1.21. The van der Waals surface area contributed by atoms with Crippen LogP contribution in [0.5, 0.6) is 0 Å². The van der Waals surface area contributed by atoms with Crippen molar-refractivity contribution in [1.82, 2.24) is 24.8 Å². The van der Waals surface area contributed by atoms with Crippen LogP contribution < -0.4 is 10.6 Å². The maximum atomic E-state index is 11.9. The maximum Gasteiger partial charge on any atom is 0.319 e. The van der Waals surface area contributed by atoms with E-state index in [1.165, 1.54) is 0 Å². The van der Waals surface area contributed by atoms with Crippen LogP contribution in [0.1, 0.15) is 0 Å². The van der Waals surface area contributed by atoms with Crippen molar-refractivity contribution >= 4 is 23.3 Å². The van der Waals surface area contributed by atoms with Crippen LogP contribution in [0.3, 0.4) is 0 Å². The lowest BCUT2D eigenvalue weighted by atomic mass is 10.3. The second kappa shape index (κ2) is 7.56. The molecule has 2 amide bonds. The second-order valence-corrected chi connectivity index (χ2v) is 5.34. The fraction of sp³-hybridized carbons (Fsp3) is 0.125. The predicted molar refractivity (Wildman–Crippen MR) is 91.7 cm³/mol. The quantitative estimate of drug-likeness (QED) is 0.746. The molecule has 24 heavy (non-hydrogen) atoms. The number of nitrogens with zero attached hydrogens (tertiary/aromatic N) is 4. The van der Waals surface area contributed by atoms with Crippen LogP contribution in [0.15, 0.2) is 55.1 Å². The summed E-state index contributed by atoms with van der Waals surface area (Å²) < 4.78 is 1.89. The number of amides is 2. The van der Waals surface area contributed by atoms with Crippen LogP contribution in [-0.2, 0) is 6.54 Å². The van der Waals surface area contributed by atoms with Crippen LogP contribution in [0.2, 0.25) is 5.02 Å². The normalized spacial score (nSPS) is 10.4. The molecule has 0 aliphatic heterocycles. The molecule has 8 heteroatoms. The Morgan fingerprint density at radius 1 is 1.08 bits per heavy atom. The second-order valence-electron chi connectivity index (χ2n) is 4.90. The standard InChI is InChI=1S/C16H15ClN6O/c17-12-2-4-13(5-3-12)22-16(24)21-9-11-23-10-8-20-15(23)14-18-6-1-7-19-14/h1-8,10H,9,11H2,(H2,21,22,24). The zero-order valence-electron chi connectivity index (χ0n) is 12.7. The van der Waals surface area contributed by atoms with Gasteiger partial charge in [0.05, 0.1) is 0 Å². The third kappa shape index (κ3) is 4.08. The number of benzene rings is 1. The molecule has 122 valence electrons. The monoisotopic (exact) mass is 342 g/mol. The molecule has 0 unspecified atom stereocenters. The molecule has 0 fully saturated rings. The minimum atomic E-state index is -0.282. The van der Waals surface area contributed by atoms with Crippen molar-refractivity contribution in [3.63, 3.8) is 0 Å². The molecular formula is C16H15ClN6O. The highest BCUT2D eigenvalue weighted by molar-refractivity contribution is 6.30. The molecule has 0 aliphatic rings. The first-order valence-electron chi connectivity index (χ1n) is 7.31. The lowest BCUT2D eigenvalue weighted by molar-refractivity contribution is 0.251. The number of hydrogen-bond donors (Lipinski definition) is 2. The van der Waals surface area contributed by atoms with Crippen LogP contribution in [0.25, 0.3) is 11.6 Å². The van der Waals surface area contributed by atoms with E-state index in [1.54, 1.807) is 48.9 Å². The molecule has 3 rings (SSSR count). The molecule has 2 heterocycles. The summed E-state index contributed by atoms with van der Waals surface area (Å²) in [6.45, 7) is 0.997. The van der Waals surface area contributed by atoms with E-state index in [9.17, 15) is 4.79 Å². The lowest BCUT2D eigenvalue weighted by Gasteiger charge is -2.09. The van der Waals surface area contributed by atoms with Crippen molar-refractivity contribution in [3.8, 4) is 11.6 Å². The SMILES string of the molecule is O=C(NCCn1ccnc1-c1ncccn1)Nc1ccc(Cl)cc1.